The summed E-state index contributed by atoms with van der Waals surface area (Å²) in [7, 11) is 0. The number of fused-ring (bicyclic) bond motifs is 1. The molecule has 5 nitrogen and oxygen atoms in total. The second-order valence-corrected chi connectivity index (χ2v) is 7.68. The van der Waals surface area contributed by atoms with E-state index < -0.39 is 0 Å². The normalized spacial score (nSPS) is 15.3. The van der Waals surface area contributed by atoms with Crippen LogP contribution in [-0.4, -0.2) is 17.2 Å². The van der Waals surface area contributed by atoms with Gasteiger partial charge in [0.05, 0.1) is 12.1 Å². The first kappa shape index (κ1) is 17.8. The molecule has 1 aliphatic heterocycles. The molecule has 2 heterocycles. The third-order valence-corrected chi connectivity index (χ3v) is 5.41. The van der Waals surface area contributed by atoms with Gasteiger partial charge in [-0.2, -0.15) is 0 Å². The number of ether oxygens (including phenoxy) is 1. The van der Waals surface area contributed by atoms with Crippen molar-refractivity contribution in [2.24, 2.45) is 0 Å². The Morgan fingerprint density at radius 1 is 1.26 bits per heavy atom. The van der Waals surface area contributed by atoms with Crippen molar-refractivity contribution in [1.82, 2.24) is 5.16 Å². The van der Waals surface area contributed by atoms with Gasteiger partial charge in [-0.25, -0.2) is 0 Å². The van der Waals surface area contributed by atoms with Gasteiger partial charge in [0.2, 0.25) is 5.91 Å². The summed E-state index contributed by atoms with van der Waals surface area (Å²) in [6, 6.07) is 13.5. The molecule has 0 saturated carbocycles. The van der Waals surface area contributed by atoms with E-state index in [9.17, 15) is 4.79 Å². The van der Waals surface area contributed by atoms with E-state index >= 15 is 0 Å². The fourth-order valence-corrected chi connectivity index (χ4v) is 3.45. The average molecular weight is 427 g/mol. The monoisotopic (exact) mass is 426 g/mol. The van der Waals surface area contributed by atoms with E-state index in [0.29, 0.717) is 11.5 Å². The topological polar surface area (TPSA) is 64.4 Å². The molecule has 0 aliphatic carbocycles. The fraction of sp³-hybridized carbons (Fsp3) is 0.238. The number of aryl methyl sites for hydroxylation is 1. The van der Waals surface area contributed by atoms with Crippen molar-refractivity contribution in [2.75, 3.05) is 5.32 Å². The lowest BCUT2D eigenvalue weighted by molar-refractivity contribution is -0.115. The Kier molecular flexibility index (Phi) is 4.74. The van der Waals surface area contributed by atoms with Gasteiger partial charge in [0.25, 0.3) is 0 Å². The van der Waals surface area contributed by atoms with Crippen LogP contribution in [0.3, 0.4) is 0 Å². The molecule has 1 N–H and O–H groups in total. The summed E-state index contributed by atoms with van der Waals surface area (Å²) < 4.78 is 12.2. The van der Waals surface area contributed by atoms with E-state index in [0.717, 1.165) is 33.5 Å². The first-order chi connectivity index (χ1) is 13.0. The molecule has 1 amide bonds. The zero-order valence-corrected chi connectivity index (χ0v) is 16.7. The molecule has 1 atom stereocenters. The molecule has 1 aromatic heterocycles. The highest BCUT2D eigenvalue weighted by molar-refractivity contribution is 9.10. The number of aromatic nitrogens is 1. The summed E-state index contributed by atoms with van der Waals surface area (Å²) in [5.41, 5.74) is 4.53. The Bertz CT molecular complexity index is 1010. The lowest BCUT2D eigenvalue weighted by Crippen LogP contribution is -2.14. The number of amides is 1. The van der Waals surface area contributed by atoms with Crippen molar-refractivity contribution in [1.29, 1.82) is 0 Å². The van der Waals surface area contributed by atoms with Gasteiger partial charge in [-0.1, -0.05) is 21.1 Å². The van der Waals surface area contributed by atoms with Crippen LogP contribution in [0, 0.1) is 6.92 Å². The van der Waals surface area contributed by atoms with Crippen LogP contribution in [-0.2, 0) is 17.6 Å². The summed E-state index contributed by atoms with van der Waals surface area (Å²) in [4.78, 5) is 12.3. The fourth-order valence-electron chi connectivity index (χ4n) is 3.20. The van der Waals surface area contributed by atoms with Crippen molar-refractivity contribution in [3.8, 4) is 17.1 Å². The summed E-state index contributed by atoms with van der Waals surface area (Å²) in [5.74, 6) is 1.45. The van der Waals surface area contributed by atoms with Gasteiger partial charge in [0.15, 0.2) is 5.76 Å². The number of nitrogens with one attached hydrogen (secondary N) is 1. The first-order valence-electron chi connectivity index (χ1n) is 8.79. The molecule has 3 aromatic rings. The lowest BCUT2D eigenvalue weighted by atomic mass is 10.1. The van der Waals surface area contributed by atoms with E-state index in [-0.39, 0.29) is 18.4 Å². The minimum atomic E-state index is -0.132. The van der Waals surface area contributed by atoms with Gasteiger partial charge in [-0.05, 0) is 61.4 Å². The van der Waals surface area contributed by atoms with Gasteiger partial charge in [0, 0.05) is 28.2 Å². The molecular weight excluding hydrogens is 408 g/mol. The van der Waals surface area contributed by atoms with E-state index in [4.69, 9.17) is 9.26 Å². The molecule has 0 saturated heterocycles. The Labute approximate surface area is 165 Å². The molecule has 0 spiro atoms. The molecule has 0 fully saturated rings. The minimum absolute atomic E-state index is 0.132. The smallest absolute Gasteiger partial charge is 0.230 e. The van der Waals surface area contributed by atoms with Gasteiger partial charge < -0.3 is 14.6 Å². The number of halogens is 1. The number of rotatable bonds is 4. The maximum absolute atomic E-state index is 12.3. The molecule has 2 aromatic carbocycles. The quantitative estimate of drug-likeness (QED) is 0.642. The average Bonchev–Trinajstić information content (AvgIpc) is 3.22. The van der Waals surface area contributed by atoms with Crippen LogP contribution in [0.15, 0.2) is 51.5 Å². The Morgan fingerprint density at radius 3 is 2.93 bits per heavy atom. The van der Waals surface area contributed by atoms with Crippen molar-refractivity contribution < 1.29 is 14.1 Å². The molecule has 0 bridgehead atoms. The van der Waals surface area contributed by atoms with Gasteiger partial charge in [-0.15, -0.1) is 0 Å². The molecular formula is C21H19BrN2O3. The SMILES string of the molecule is Cc1cc(NC(=O)Cc2cc(-c3ccc4c(c3)CC(C)O4)on2)ccc1Br. The molecule has 4 rings (SSSR count). The molecule has 1 unspecified atom stereocenters. The van der Waals surface area contributed by atoms with Gasteiger partial charge in [-0.3, -0.25) is 4.79 Å². The minimum Gasteiger partial charge on any atom is -0.490 e. The molecule has 6 heteroatoms. The second-order valence-electron chi connectivity index (χ2n) is 6.83. The van der Waals surface area contributed by atoms with Crippen LogP contribution < -0.4 is 10.1 Å². The Balaban J connectivity index is 1.44. The first-order valence-corrected chi connectivity index (χ1v) is 9.59. The zero-order valence-electron chi connectivity index (χ0n) is 15.1. The van der Waals surface area contributed by atoms with Crippen LogP contribution in [0.4, 0.5) is 5.69 Å². The summed E-state index contributed by atoms with van der Waals surface area (Å²) in [5, 5.41) is 6.93. The number of anilines is 1. The third kappa shape index (κ3) is 3.90. The van der Waals surface area contributed by atoms with E-state index in [1.165, 1.54) is 5.56 Å². The van der Waals surface area contributed by atoms with Crippen LogP contribution in [0.5, 0.6) is 5.75 Å². The Hall–Kier alpha value is -2.60. The predicted molar refractivity (Wildman–Crippen MR) is 107 cm³/mol. The zero-order chi connectivity index (χ0) is 19.0. The number of carbonyl (C=O) groups excluding carboxylic acids is 1. The maximum atomic E-state index is 12.3. The summed E-state index contributed by atoms with van der Waals surface area (Å²) in [6.45, 7) is 4.03. The highest BCUT2D eigenvalue weighted by Crippen LogP contribution is 2.33. The number of nitrogens with zero attached hydrogens (tertiary/aromatic N) is 1. The second kappa shape index (κ2) is 7.19. The maximum Gasteiger partial charge on any atom is 0.230 e. The van der Waals surface area contributed by atoms with Crippen molar-refractivity contribution >= 4 is 27.5 Å². The molecule has 27 heavy (non-hydrogen) atoms. The standard InChI is InChI=1S/C21H19BrN2O3/c1-12-7-16(4-5-18(12)22)23-21(25)11-17-10-20(27-24-17)14-3-6-19-15(9-14)8-13(2)26-19/h3-7,9-10,13H,8,11H2,1-2H3,(H,23,25). The highest BCUT2D eigenvalue weighted by Gasteiger charge is 2.20. The predicted octanol–water partition coefficient (Wildman–Crippen LogP) is 4.92. The molecule has 0 radical (unpaired) electrons. The lowest BCUT2D eigenvalue weighted by Gasteiger charge is -2.06. The van der Waals surface area contributed by atoms with Crippen LogP contribution >= 0.6 is 15.9 Å². The van der Waals surface area contributed by atoms with Crippen molar-refractivity contribution in [3.63, 3.8) is 0 Å². The molecule has 1 aliphatic rings. The largest absolute Gasteiger partial charge is 0.490 e. The number of benzene rings is 2. The van der Waals surface area contributed by atoms with E-state index in [1.54, 1.807) is 0 Å². The van der Waals surface area contributed by atoms with E-state index in [2.05, 4.69) is 39.4 Å². The third-order valence-electron chi connectivity index (χ3n) is 4.52. The summed E-state index contributed by atoms with van der Waals surface area (Å²) in [6.07, 6.45) is 1.24. The van der Waals surface area contributed by atoms with Crippen LogP contribution in [0.25, 0.3) is 11.3 Å². The number of carbonyl (C=O) groups is 1. The summed E-state index contributed by atoms with van der Waals surface area (Å²) >= 11 is 3.45. The van der Waals surface area contributed by atoms with Crippen molar-refractivity contribution in [2.45, 2.75) is 32.8 Å². The highest BCUT2D eigenvalue weighted by atomic mass is 79.9. The van der Waals surface area contributed by atoms with E-state index in [1.807, 2.05) is 43.3 Å². The number of hydrogen-bond acceptors (Lipinski definition) is 4. The van der Waals surface area contributed by atoms with Crippen LogP contribution in [0.1, 0.15) is 23.7 Å². The van der Waals surface area contributed by atoms with Crippen molar-refractivity contribution in [3.05, 3.63) is 63.8 Å². The van der Waals surface area contributed by atoms with Gasteiger partial charge in [0.1, 0.15) is 11.9 Å². The number of hydrogen-bond donors (Lipinski definition) is 1. The van der Waals surface area contributed by atoms with Crippen LogP contribution in [0.2, 0.25) is 0 Å². The van der Waals surface area contributed by atoms with Gasteiger partial charge >= 0.3 is 0 Å². The Morgan fingerprint density at radius 2 is 2.11 bits per heavy atom. The molecule has 138 valence electrons.